The van der Waals surface area contributed by atoms with Crippen molar-refractivity contribution in [2.75, 3.05) is 0 Å². The summed E-state index contributed by atoms with van der Waals surface area (Å²) >= 11 is 0. The van der Waals surface area contributed by atoms with Crippen LogP contribution in [-0.4, -0.2) is 0 Å². The van der Waals surface area contributed by atoms with Crippen LogP contribution in [0.1, 0.15) is 0 Å². The zero-order valence-corrected chi connectivity index (χ0v) is 19.5. The zero-order valence-electron chi connectivity index (χ0n) is 18.6. The van der Waals surface area contributed by atoms with Gasteiger partial charge in [0, 0.05) is 15.9 Å². The number of fused-ring (bicyclic) bond motifs is 2. The van der Waals surface area contributed by atoms with Gasteiger partial charge in [0.25, 0.3) is 0 Å². The van der Waals surface area contributed by atoms with E-state index in [2.05, 4.69) is 72.8 Å². The Morgan fingerprint density at radius 1 is 0.412 bits per heavy atom. The highest BCUT2D eigenvalue weighted by molar-refractivity contribution is 7.85. The smallest absolute Gasteiger partial charge is 0.171 e. The fourth-order valence-electron chi connectivity index (χ4n) is 4.88. The number of hydrogen-bond donors (Lipinski definition) is 0. The molecular formula is C32H23OP. The summed E-state index contributed by atoms with van der Waals surface area (Å²) < 4.78 is 15.1. The lowest BCUT2D eigenvalue weighted by Crippen LogP contribution is -2.25. The molecule has 6 aromatic carbocycles. The van der Waals surface area contributed by atoms with E-state index >= 15 is 4.57 Å². The first-order chi connectivity index (χ1) is 16.7. The Bertz CT molecular complexity index is 1660. The number of hydrogen-bond acceptors (Lipinski definition) is 1. The van der Waals surface area contributed by atoms with E-state index in [-0.39, 0.29) is 0 Å². The molecule has 0 radical (unpaired) electrons. The molecule has 0 N–H and O–H groups in total. The molecule has 0 aliphatic carbocycles. The van der Waals surface area contributed by atoms with Gasteiger partial charge in [0.2, 0.25) is 0 Å². The fourth-order valence-corrected chi connectivity index (χ4v) is 7.73. The van der Waals surface area contributed by atoms with Crippen molar-refractivity contribution in [3.05, 3.63) is 140 Å². The Balaban J connectivity index is 1.55. The summed E-state index contributed by atoms with van der Waals surface area (Å²) in [6, 6.07) is 47.3. The molecule has 0 aliphatic rings. The average molecular weight is 455 g/mol. The molecule has 1 atom stereocenters. The van der Waals surface area contributed by atoms with Crippen LogP contribution in [0.2, 0.25) is 0 Å². The Kier molecular flexibility index (Phi) is 5.13. The number of benzene rings is 6. The molecule has 1 nitrogen and oxygen atoms in total. The SMILES string of the molecule is O=P(c1ccccc1)(c1ccc(-c2cccc3ccccc23)cc1)c1cccc2ccccc12. The van der Waals surface area contributed by atoms with Crippen molar-refractivity contribution in [3.8, 4) is 11.1 Å². The second kappa shape index (κ2) is 8.45. The van der Waals surface area contributed by atoms with Gasteiger partial charge >= 0.3 is 0 Å². The maximum Gasteiger partial charge on any atom is 0.171 e. The van der Waals surface area contributed by atoms with Crippen LogP contribution in [0.15, 0.2) is 140 Å². The van der Waals surface area contributed by atoms with E-state index in [0.29, 0.717) is 0 Å². The maximum atomic E-state index is 15.1. The molecule has 0 aliphatic heterocycles. The molecule has 0 heterocycles. The van der Waals surface area contributed by atoms with E-state index in [1.54, 1.807) is 0 Å². The molecule has 0 aromatic heterocycles. The first-order valence-electron chi connectivity index (χ1n) is 11.5. The van der Waals surface area contributed by atoms with Crippen LogP contribution >= 0.6 is 7.14 Å². The van der Waals surface area contributed by atoms with E-state index in [4.69, 9.17) is 0 Å². The second-order valence-corrected chi connectivity index (χ2v) is 11.2. The van der Waals surface area contributed by atoms with Gasteiger partial charge in [-0.15, -0.1) is 0 Å². The summed E-state index contributed by atoms with van der Waals surface area (Å²) in [5, 5.41) is 7.16. The van der Waals surface area contributed by atoms with Crippen LogP contribution in [0, 0.1) is 0 Å². The van der Waals surface area contributed by atoms with Crippen molar-refractivity contribution in [2.45, 2.75) is 0 Å². The van der Waals surface area contributed by atoms with E-state index in [1.165, 1.54) is 16.3 Å². The molecule has 6 aromatic rings. The molecular weight excluding hydrogens is 431 g/mol. The van der Waals surface area contributed by atoms with Gasteiger partial charge in [0.1, 0.15) is 0 Å². The first kappa shape index (κ1) is 20.7. The Morgan fingerprint density at radius 2 is 0.941 bits per heavy atom. The van der Waals surface area contributed by atoms with Crippen molar-refractivity contribution in [1.29, 1.82) is 0 Å². The molecule has 0 bridgehead atoms. The topological polar surface area (TPSA) is 17.1 Å². The van der Waals surface area contributed by atoms with Crippen LogP contribution in [0.3, 0.4) is 0 Å². The Morgan fingerprint density at radius 3 is 1.68 bits per heavy atom. The van der Waals surface area contributed by atoms with E-state index in [9.17, 15) is 0 Å². The average Bonchev–Trinajstić information content (AvgIpc) is 2.92. The standard InChI is InChI=1S/C32H23OP/c33-34(27-14-2-1-3-15-27,32-19-9-13-25-11-5-7-17-31(25)32)28-22-20-26(21-23-28)30-18-8-12-24-10-4-6-16-29(24)30/h1-23H. The molecule has 0 saturated carbocycles. The van der Waals surface area contributed by atoms with Gasteiger partial charge in [-0.1, -0.05) is 140 Å². The predicted octanol–water partition coefficient (Wildman–Crippen LogP) is 7.30. The molecule has 1 unspecified atom stereocenters. The van der Waals surface area contributed by atoms with Crippen molar-refractivity contribution in [1.82, 2.24) is 0 Å². The van der Waals surface area contributed by atoms with Gasteiger partial charge in [-0.25, -0.2) is 0 Å². The summed E-state index contributed by atoms with van der Waals surface area (Å²) in [7, 11) is -3.08. The van der Waals surface area contributed by atoms with Gasteiger partial charge in [-0.3, -0.25) is 0 Å². The summed E-state index contributed by atoms with van der Waals surface area (Å²) in [6.07, 6.45) is 0. The second-order valence-electron chi connectivity index (χ2n) is 8.52. The third kappa shape index (κ3) is 3.37. The summed E-state index contributed by atoms with van der Waals surface area (Å²) in [6.45, 7) is 0. The number of rotatable bonds is 4. The summed E-state index contributed by atoms with van der Waals surface area (Å²) in [4.78, 5) is 0. The minimum atomic E-state index is -3.08. The molecule has 162 valence electrons. The van der Waals surface area contributed by atoms with Crippen molar-refractivity contribution in [3.63, 3.8) is 0 Å². The molecule has 0 fully saturated rings. The van der Waals surface area contributed by atoms with Gasteiger partial charge in [-0.2, -0.15) is 0 Å². The lowest BCUT2D eigenvalue weighted by atomic mass is 9.98. The molecule has 2 heteroatoms. The minimum absolute atomic E-state index is 0.846. The molecule has 0 spiro atoms. The van der Waals surface area contributed by atoms with Crippen LogP contribution < -0.4 is 15.9 Å². The maximum absolute atomic E-state index is 15.1. The molecule has 34 heavy (non-hydrogen) atoms. The van der Waals surface area contributed by atoms with Gasteiger partial charge in [0.05, 0.1) is 0 Å². The fraction of sp³-hybridized carbons (Fsp3) is 0. The minimum Gasteiger partial charge on any atom is -0.309 e. The summed E-state index contributed by atoms with van der Waals surface area (Å²) in [5.74, 6) is 0. The first-order valence-corrected chi connectivity index (χ1v) is 13.2. The Labute approximate surface area is 199 Å². The highest BCUT2D eigenvalue weighted by atomic mass is 31.2. The van der Waals surface area contributed by atoms with Crippen LogP contribution in [0.5, 0.6) is 0 Å². The normalized spacial score (nSPS) is 13.1. The van der Waals surface area contributed by atoms with E-state index < -0.39 is 7.14 Å². The van der Waals surface area contributed by atoms with Crippen LogP contribution in [0.25, 0.3) is 32.7 Å². The third-order valence-corrected chi connectivity index (χ3v) is 9.68. The largest absolute Gasteiger partial charge is 0.309 e. The zero-order chi connectivity index (χ0) is 23.0. The lowest BCUT2D eigenvalue weighted by Gasteiger charge is -2.22. The monoisotopic (exact) mass is 454 g/mol. The molecule has 0 amide bonds. The highest BCUT2D eigenvalue weighted by Gasteiger charge is 2.31. The molecule has 0 saturated heterocycles. The van der Waals surface area contributed by atoms with Crippen molar-refractivity contribution in [2.24, 2.45) is 0 Å². The van der Waals surface area contributed by atoms with Crippen LogP contribution in [-0.2, 0) is 4.57 Å². The van der Waals surface area contributed by atoms with Gasteiger partial charge in [-0.05, 0) is 32.7 Å². The lowest BCUT2D eigenvalue weighted by molar-refractivity contribution is 0.592. The highest BCUT2D eigenvalue weighted by Crippen LogP contribution is 2.44. The summed E-state index contributed by atoms with van der Waals surface area (Å²) in [5.41, 5.74) is 2.31. The quantitative estimate of drug-likeness (QED) is 0.256. The van der Waals surface area contributed by atoms with Gasteiger partial charge < -0.3 is 4.57 Å². The van der Waals surface area contributed by atoms with E-state index in [0.717, 1.165) is 32.2 Å². The van der Waals surface area contributed by atoms with Crippen LogP contribution in [0.4, 0.5) is 0 Å². The van der Waals surface area contributed by atoms with E-state index in [1.807, 2.05) is 66.7 Å². The van der Waals surface area contributed by atoms with Crippen molar-refractivity contribution >= 4 is 44.6 Å². The Hall–Kier alpha value is -3.93. The molecule has 6 rings (SSSR count). The van der Waals surface area contributed by atoms with Gasteiger partial charge in [0.15, 0.2) is 7.14 Å². The predicted molar refractivity (Wildman–Crippen MR) is 146 cm³/mol. The third-order valence-electron chi connectivity index (χ3n) is 6.56. The van der Waals surface area contributed by atoms with Crippen molar-refractivity contribution < 1.29 is 4.57 Å².